The van der Waals surface area contributed by atoms with E-state index in [9.17, 15) is 14.7 Å². The van der Waals surface area contributed by atoms with Gasteiger partial charge in [0.1, 0.15) is 11.8 Å². The van der Waals surface area contributed by atoms with Crippen LogP contribution in [0.5, 0.6) is 5.75 Å². The summed E-state index contributed by atoms with van der Waals surface area (Å²) in [6, 6.07) is 20.6. The van der Waals surface area contributed by atoms with Crippen molar-refractivity contribution in [2.45, 2.75) is 12.7 Å². The highest BCUT2D eigenvalue weighted by Crippen LogP contribution is 2.33. The molecule has 0 radical (unpaired) electrons. The second kappa shape index (κ2) is 8.96. The van der Waals surface area contributed by atoms with Crippen molar-refractivity contribution in [3.05, 3.63) is 111 Å². The molecule has 1 aliphatic rings. The van der Waals surface area contributed by atoms with E-state index in [0.717, 1.165) is 5.56 Å². The van der Waals surface area contributed by atoms with Gasteiger partial charge in [0.2, 0.25) is 29.0 Å². The number of halogens is 1. The van der Waals surface area contributed by atoms with Crippen molar-refractivity contribution in [2.24, 2.45) is 0 Å². The van der Waals surface area contributed by atoms with Crippen molar-refractivity contribution < 1.29 is 23.8 Å². The highest BCUT2D eigenvalue weighted by atomic mass is 35.5. The lowest BCUT2D eigenvalue weighted by Crippen LogP contribution is -2.13. The van der Waals surface area contributed by atoms with Gasteiger partial charge < -0.3 is 24.3 Å². The van der Waals surface area contributed by atoms with Gasteiger partial charge in [0.15, 0.2) is 0 Å². The molecule has 0 fully saturated rings. The van der Waals surface area contributed by atoms with Crippen molar-refractivity contribution in [3.8, 4) is 5.75 Å². The molecule has 2 N–H and O–H groups in total. The quantitative estimate of drug-likeness (QED) is 0.405. The molecule has 34 heavy (non-hydrogen) atoms. The van der Waals surface area contributed by atoms with Crippen LogP contribution in [-0.4, -0.2) is 17.3 Å². The molecule has 1 aliphatic heterocycles. The van der Waals surface area contributed by atoms with Crippen LogP contribution < -0.4 is 10.7 Å². The average molecular weight is 476 g/mol. The molecule has 2 heterocycles. The minimum Gasteiger partial charge on any atom is -0.501 e. The van der Waals surface area contributed by atoms with Crippen LogP contribution in [0.1, 0.15) is 21.7 Å². The molecule has 0 aliphatic carbocycles. The maximum atomic E-state index is 12.9. The van der Waals surface area contributed by atoms with Crippen LogP contribution >= 0.6 is 11.6 Å². The van der Waals surface area contributed by atoms with Crippen molar-refractivity contribution in [3.63, 3.8) is 0 Å². The third-order valence-electron chi connectivity index (χ3n) is 5.28. The van der Waals surface area contributed by atoms with Crippen molar-refractivity contribution in [1.82, 2.24) is 0 Å². The van der Waals surface area contributed by atoms with Crippen LogP contribution in [0.2, 0.25) is 5.02 Å². The van der Waals surface area contributed by atoms with Gasteiger partial charge in [-0.2, -0.15) is 0 Å². The van der Waals surface area contributed by atoms with Crippen molar-refractivity contribution >= 4 is 39.9 Å². The number of nitrogens with one attached hydrogen (secondary N) is 1. The smallest absolute Gasteiger partial charge is 0.255 e. The third-order valence-corrected chi connectivity index (χ3v) is 5.54. The van der Waals surface area contributed by atoms with Crippen LogP contribution in [0.3, 0.4) is 0 Å². The first-order chi connectivity index (χ1) is 16.5. The molecule has 1 amide bonds. The summed E-state index contributed by atoms with van der Waals surface area (Å²) in [6.45, 7) is 0. The predicted octanol–water partition coefficient (Wildman–Crippen LogP) is 5.32. The van der Waals surface area contributed by atoms with Gasteiger partial charge in [-0.05, 0) is 48.0 Å². The molecule has 0 bridgehead atoms. The highest BCUT2D eigenvalue weighted by molar-refractivity contribution is 6.30. The number of fused-ring (bicyclic) bond motifs is 1. The molecule has 1 unspecified atom stereocenters. The molecular weight excluding hydrogens is 458 g/mol. The fraction of sp³-hybridized carbons (Fsp3) is 0.0769. The number of amides is 1. The predicted molar refractivity (Wildman–Crippen MR) is 128 cm³/mol. The average Bonchev–Trinajstić information content (AvgIpc) is 3.31. The summed E-state index contributed by atoms with van der Waals surface area (Å²) >= 11 is 5.86. The summed E-state index contributed by atoms with van der Waals surface area (Å²) in [5.74, 6) is -0.972. The van der Waals surface area contributed by atoms with Gasteiger partial charge in [0, 0.05) is 22.7 Å². The van der Waals surface area contributed by atoms with E-state index in [1.807, 2.05) is 30.3 Å². The maximum absolute atomic E-state index is 12.9. The lowest BCUT2D eigenvalue weighted by atomic mass is 10.1. The Labute approximate surface area is 198 Å². The summed E-state index contributed by atoms with van der Waals surface area (Å²) in [5, 5.41) is 13.9. The normalized spacial score (nSPS) is 14.9. The van der Waals surface area contributed by atoms with E-state index in [4.69, 9.17) is 25.5 Å². The Hall–Kier alpha value is -4.23. The van der Waals surface area contributed by atoms with Crippen LogP contribution in [0.15, 0.2) is 88.3 Å². The largest absolute Gasteiger partial charge is 0.501 e. The maximum Gasteiger partial charge on any atom is 0.255 e. The highest BCUT2D eigenvalue weighted by Gasteiger charge is 2.27. The Kier molecular flexibility index (Phi) is 5.69. The zero-order chi connectivity index (χ0) is 23.7. The SMILES string of the molecule is O=C(Nc1ccc2oc(C3=COC(Cc4ccccc4)O3)c(O)c(=O)c2c1)c1ccc(Cl)cc1. The van der Waals surface area contributed by atoms with Gasteiger partial charge in [-0.25, -0.2) is 0 Å². The van der Waals surface area contributed by atoms with E-state index in [1.165, 1.54) is 18.4 Å². The third kappa shape index (κ3) is 4.33. The van der Waals surface area contributed by atoms with E-state index in [0.29, 0.717) is 22.7 Å². The van der Waals surface area contributed by atoms with Gasteiger partial charge in [-0.1, -0.05) is 41.9 Å². The van der Waals surface area contributed by atoms with Crippen LogP contribution in [-0.2, 0) is 15.9 Å². The Morgan fingerprint density at radius 1 is 1.03 bits per heavy atom. The van der Waals surface area contributed by atoms with Gasteiger partial charge in [0.05, 0.1) is 5.39 Å². The molecule has 0 saturated heterocycles. The molecule has 3 aromatic carbocycles. The monoisotopic (exact) mass is 475 g/mol. The molecule has 5 rings (SSSR count). The van der Waals surface area contributed by atoms with Crippen LogP contribution in [0.25, 0.3) is 16.7 Å². The summed E-state index contributed by atoms with van der Waals surface area (Å²) in [7, 11) is 0. The Morgan fingerprint density at radius 3 is 2.56 bits per heavy atom. The molecule has 4 aromatic rings. The van der Waals surface area contributed by atoms with Crippen molar-refractivity contribution in [2.75, 3.05) is 5.32 Å². The molecule has 8 heteroatoms. The number of anilines is 1. The van der Waals surface area contributed by atoms with Gasteiger partial charge >= 0.3 is 0 Å². The van der Waals surface area contributed by atoms with E-state index in [1.54, 1.807) is 30.3 Å². The zero-order valence-electron chi connectivity index (χ0n) is 17.7. The van der Waals surface area contributed by atoms with Crippen molar-refractivity contribution in [1.29, 1.82) is 0 Å². The van der Waals surface area contributed by atoms with E-state index < -0.39 is 17.5 Å². The van der Waals surface area contributed by atoms with E-state index >= 15 is 0 Å². The summed E-state index contributed by atoms with van der Waals surface area (Å²) in [5.41, 5.74) is 1.35. The van der Waals surface area contributed by atoms with E-state index in [-0.39, 0.29) is 28.4 Å². The van der Waals surface area contributed by atoms with Gasteiger partial charge in [-0.3, -0.25) is 9.59 Å². The minimum absolute atomic E-state index is 0.107. The number of ether oxygens (including phenoxy) is 2. The molecule has 0 spiro atoms. The Balaban J connectivity index is 1.37. The lowest BCUT2D eigenvalue weighted by molar-refractivity contribution is -0.0146. The van der Waals surface area contributed by atoms with Crippen LogP contribution in [0, 0.1) is 0 Å². The summed E-state index contributed by atoms with van der Waals surface area (Å²) in [6.07, 6.45) is 1.19. The number of carbonyl (C=O) groups is 1. The summed E-state index contributed by atoms with van der Waals surface area (Å²) in [4.78, 5) is 25.3. The number of aromatic hydroxyl groups is 1. The molecule has 7 nitrogen and oxygen atoms in total. The van der Waals surface area contributed by atoms with E-state index in [2.05, 4.69) is 5.32 Å². The molecule has 1 atom stereocenters. The number of hydrogen-bond donors (Lipinski definition) is 2. The first kappa shape index (κ1) is 21.6. The Bertz CT molecular complexity index is 1460. The molecule has 1 aromatic heterocycles. The number of hydrogen-bond acceptors (Lipinski definition) is 6. The lowest BCUT2D eigenvalue weighted by Gasteiger charge is -2.12. The molecule has 0 saturated carbocycles. The second-order valence-corrected chi connectivity index (χ2v) is 8.07. The Morgan fingerprint density at radius 2 is 1.79 bits per heavy atom. The minimum atomic E-state index is -0.658. The standard InChI is InChI=1S/C26H18ClNO6/c27-17-8-6-16(7-9-17)26(31)28-18-10-11-20-19(13-18)23(29)24(30)25(34-20)21-14-32-22(33-21)12-15-4-2-1-3-5-15/h1-11,13-14,22,30H,12H2,(H,28,31). The van der Waals surface area contributed by atoms with Crippen LogP contribution in [0.4, 0.5) is 5.69 Å². The van der Waals surface area contributed by atoms with Gasteiger partial charge in [0.25, 0.3) is 5.91 Å². The van der Waals surface area contributed by atoms with Gasteiger partial charge in [-0.15, -0.1) is 0 Å². The number of carbonyl (C=O) groups excluding carboxylic acids is 1. The number of rotatable bonds is 5. The topological polar surface area (TPSA) is 98.0 Å². The summed E-state index contributed by atoms with van der Waals surface area (Å²) < 4.78 is 17.0. The second-order valence-electron chi connectivity index (χ2n) is 7.64. The first-order valence-electron chi connectivity index (χ1n) is 10.4. The first-order valence-corrected chi connectivity index (χ1v) is 10.8. The molecular formula is C26H18ClNO6. The fourth-order valence-electron chi connectivity index (χ4n) is 3.57. The number of benzene rings is 3. The fourth-order valence-corrected chi connectivity index (χ4v) is 3.70. The zero-order valence-corrected chi connectivity index (χ0v) is 18.4. The molecule has 170 valence electrons.